The average Bonchev–Trinajstić information content (AvgIpc) is 2.14. The van der Waals surface area contributed by atoms with E-state index in [2.05, 4.69) is 39.3 Å². The van der Waals surface area contributed by atoms with Gasteiger partial charge in [0.25, 0.3) is 0 Å². The largest absolute Gasteiger partial charge is 0.0724 e. The summed E-state index contributed by atoms with van der Waals surface area (Å²) in [5.74, 6) is 0. The van der Waals surface area contributed by atoms with E-state index in [0.717, 1.165) is 0 Å². The lowest BCUT2D eigenvalue weighted by Gasteiger charge is -2.13. The molecule has 0 saturated heterocycles. The topological polar surface area (TPSA) is 0 Å². The van der Waals surface area contributed by atoms with Crippen LogP contribution < -0.4 is 0 Å². The molecular formula is C13H36Si4. The maximum Gasteiger partial charge on any atom is 0.0307 e. The van der Waals surface area contributed by atoms with Gasteiger partial charge in [-0.1, -0.05) is 82.0 Å². The highest BCUT2D eigenvalue weighted by molar-refractivity contribution is 6.76. The summed E-state index contributed by atoms with van der Waals surface area (Å²) in [6.45, 7) is 15.3. The zero-order valence-corrected chi connectivity index (χ0v) is 17.9. The molecule has 0 spiro atoms. The molecule has 2 unspecified atom stereocenters. The van der Waals surface area contributed by atoms with Crippen molar-refractivity contribution in [3.63, 3.8) is 0 Å². The fourth-order valence-corrected chi connectivity index (χ4v) is 19.7. The number of rotatable bonds is 10. The highest BCUT2D eigenvalue weighted by Gasteiger charge is 2.09. The zero-order valence-electron chi connectivity index (χ0n) is 13.3. The Morgan fingerprint density at radius 3 is 1.18 bits per heavy atom. The van der Waals surface area contributed by atoms with Gasteiger partial charge in [0.2, 0.25) is 0 Å². The molecule has 0 fully saturated rings. The van der Waals surface area contributed by atoms with Gasteiger partial charge in [0.1, 0.15) is 0 Å². The van der Waals surface area contributed by atoms with Crippen LogP contribution in [-0.4, -0.2) is 35.2 Å². The molecule has 0 bridgehead atoms. The molecule has 0 nitrogen and oxygen atoms in total. The van der Waals surface area contributed by atoms with E-state index < -0.39 is 0 Å². The van der Waals surface area contributed by atoms with Crippen LogP contribution in [0.4, 0.5) is 0 Å². The third-order valence-corrected chi connectivity index (χ3v) is 20.4. The summed E-state index contributed by atoms with van der Waals surface area (Å²) in [5, 5.41) is 0. The first-order chi connectivity index (χ1) is 7.91. The molecule has 0 saturated carbocycles. The van der Waals surface area contributed by atoms with Gasteiger partial charge in [-0.2, -0.15) is 0 Å². The summed E-state index contributed by atoms with van der Waals surface area (Å²) < 4.78 is 0. The molecule has 4 heteroatoms. The van der Waals surface area contributed by atoms with Crippen molar-refractivity contribution in [1.82, 2.24) is 0 Å². The summed E-state index contributed by atoms with van der Waals surface area (Å²) in [6.07, 6.45) is 4.68. The number of hydrogen-bond donors (Lipinski definition) is 0. The van der Waals surface area contributed by atoms with Crippen LogP contribution in [0.15, 0.2) is 0 Å². The second kappa shape index (κ2) is 10.8. The molecule has 0 N–H and O–H groups in total. The van der Waals surface area contributed by atoms with E-state index in [9.17, 15) is 0 Å². The van der Waals surface area contributed by atoms with Crippen molar-refractivity contribution in [1.29, 1.82) is 0 Å². The van der Waals surface area contributed by atoms with Gasteiger partial charge >= 0.3 is 0 Å². The molecule has 0 aromatic heterocycles. The van der Waals surface area contributed by atoms with Gasteiger partial charge in [-0.3, -0.25) is 0 Å². The van der Waals surface area contributed by atoms with Gasteiger partial charge in [0.05, 0.1) is 0 Å². The van der Waals surface area contributed by atoms with Crippen LogP contribution in [0.5, 0.6) is 0 Å². The maximum atomic E-state index is 2.61. The SMILES string of the molecule is C[SiH](C)C[SiH](C)CCCCC[SiH](C)C[SiH](C)C. The zero-order chi connectivity index (χ0) is 13.3. The highest BCUT2D eigenvalue weighted by Crippen LogP contribution is 2.13. The molecule has 0 aliphatic carbocycles. The van der Waals surface area contributed by atoms with Crippen LogP contribution in [0, 0.1) is 0 Å². The number of unbranched alkanes of at least 4 members (excludes halogenated alkanes) is 2. The fourth-order valence-electron chi connectivity index (χ4n) is 3.01. The lowest BCUT2D eigenvalue weighted by atomic mass is 10.3. The summed E-state index contributed by atoms with van der Waals surface area (Å²) in [7, 11) is -1.04. The Hall–Kier alpha value is 0.868. The van der Waals surface area contributed by atoms with Crippen LogP contribution in [0.3, 0.4) is 0 Å². The second-order valence-corrected chi connectivity index (χ2v) is 22.0. The van der Waals surface area contributed by atoms with Crippen molar-refractivity contribution < 1.29 is 0 Å². The second-order valence-electron chi connectivity index (χ2n) is 7.11. The molecule has 0 amide bonds. The smallest absolute Gasteiger partial charge is 0.0307 e. The molecule has 0 heterocycles. The first kappa shape index (κ1) is 17.9. The van der Waals surface area contributed by atoms with Crippen molar-refractivity contribution in [3.05, 3.63) is 0 Å². The molecule has 104 valence electrons. The van der Waals surface area contributed by atoms with E-state index in [4.69, 9.17) is 0 Å². The van der Waals surface area contributed by atoms with Gasteiger partial charge in [-0.15, -0.1) is 0 Å². The first-order valence-corrected chi connectivity index (χ1v) is 19.7. The van der Waals surface area contributed by atoms with Crippen LogP contribution >= 0.6 is 0 Å². The molecule has 0 aromatic carbocycles. The summed E-state index contributed by atoms with van der Waals surface area (Å²) in [6, 6.07) is 3.28. The van der Waals surface area contributed by atoms with E-state index >= 15 is 0 Å². The van der Waals surface area contributed by atoms with Gasteiger partial charge in [0.15, 0.2) is 0 Å². The van der Waals surface area contributed by atoms with E-state index in [-0.39, 0.29) is 35.2 Å². The van der Waals surface area contributed by atoms with Crippen molar-refractivity contribution in [2.45, 2.75) is 82.0 Å². The van der Waals surface area contributed by atoms with Crippen LogP contribution in [-0.2, 0) is 0 Å². The van der Waals surface area contributed by atoms with Crippen molar-refractivity contribution in [2.75, 3.05) is 0 Å². The Balaban J connectivity index is 3.34. The quantitative estimate of drug-likeness (QED) is 0.424. The molecule has 0 rings (SSSR count). The van der Waals surface area contributed by atoms with Crippen molar-refractivity contribution in [2.24, 2.45) is 0 Å². The van der Waals surface area contributed by atoms with Gasteiger partial charge in [0, 0.05) is 35.2 Å². The summed E-state index contributed by atoms with van der Waals surface area (Å²) in [5.41, 5.74) is 3.40. The monoisotopic (exact) mass is 304 g/mol. The lowest BCUT2D eigenvalue weighted by molar-refractivity contribution is 0.760. The minimum atomic E-state index is -0.271. The highest BCUT2D eigenvalue weighted by atomic mass is 28.3. The number of hydrogen-bond acceptors (Lipinski definition) is 0. The van der Waals surface area contributed by atoms with Gasteiger partial charge in [-0.05, 0) is 0 Å². The molecule has 0 aromatic rings. The summed E-state index contributed by atoms with van der Waals surface area (Å²) >= 11 is 0. The van der Waals surface area contributed by atoms with E-state index in [1.54, 1.807) is 42.7 Å². The van der Waals surface area contributed by atoms with Gasteiger partial charge in [-0.25, -0.2) is 0 Å². The van der Waals surface area contributed by atoms with Crippen molar-refractivity contribution in [3.8, 4) is 0 Å². The van der Waals surface area contributed by atoms with Crippen LogP contribution in [0.1, 0.15) is 19.3 Å². The molecule has 0 aliphatic rings. The predicted octanol–water partition coefficient (Wildman–Crippen LogP) is 3.92. The third kappa shape index (κ3) is 13.1. The van der Waals surface area contributed by atoms with Gasteiger partial charge < -0.3 is 0 Å². The minimum absolute atomic E-state index is 0.247. The van der Waals surface area contributed by atoms with E-state index in [1.165, 1.54) is 0 Å². The maximum absolute atomic E-state index is 2.61. The summed E-state index contributed by atoms with van der Waals surface area (Å²) in [4.78, 5) is 0. The molecule has 0 aliphatic heterocycles. The molecule has 2 atom stereocenters. The molecule has 17 heavy (non-hydrogen) atoms. The first-order valence-electron chi connectivity index (χ1n) is 7.91. The Bertz CT molecular complexity index is 153. The fraction of sp³-hybridized carbons (Fsp3) is 1.00. The van der Waals surface area contributed by atoms with E-state index in [1.807, 2.05) is 0 Å². The minimum Gasteiger partial charge on any atom is -0.0724 e. The standard InChI is InChI=1S/C13H36Si4/c1-14(2)12-16(5)10-8-7-9-11-17(6)13-15(3)4/h14-17H,7-13H2,1-6H3. The Morgan fingerprint density at radius 1 is 0.529 bits per heavy atom. The van der Waals surface area contributed by atoms with Crippen LogP contribution in [0.2, 0.25) is 62.7 Å². The molecular weight excluding hydrogens is 268 g/mol. The average molecular weight is 305 g/mol. The van der Waals surface area contributed by atoms with Crippen molar-refractivity contribution >= 4 is 35.2 Å². The normalized spacial score (nSPS) is 15.5. The van der Waals surface area contributed by atoms with Crippen LogP contribution in [0.25, 0.3) is 0 Å². The Labute approximate surface area is 117 Å². The van der Waals surface area contributed by atoms with E-state index in [0.29, 0.717) is 0 Å². The molecule has 0 radical (unpaired) electrons. The Kier molecular flexibility index (Phi) is 11.3. The Morgan fingerprint density at radius 2 is 0.882 bits per heavy atom. The third-order valence-electron chi connectivity index (χ3n) is 3.64. The lowest BCUT2D eigenvalue weighted by Crippen LogP contribution is -2.16. The predicted molar refractivity (Wildman–Crippen MR) is 96.9 cm³/mol.